The number of carbonyl (C=O) groups is 2. The molecule has 1 aliphatic rings. The minimum Gasteiger partial charge on any atom is -0.468 e. The first-order chi connectivity index (χ1) is 8.01. The summed E-state index contributed by atoms with van der Waals surface area (Å²) in [6, 6.07) is 2.00. The summed E-state index contributed by atoms with van der Waals surface area (Å²) < 4.78 is 4.65. The van der Waals surface area contributed by atoms with Crippen molar-refractivity contribution in [1.29, 1.82) is 5.26 Å². The van der Waals surface area contributed by atoms with Crippen LogP contribution in [0.15, 0.2) is 0 Å². The minimum absolute atomic E-state index is 0.149. The molecule has 1 aliphatic carbocycles. The van der Waals surface area contributed by atoms with E-state index in [1.807, 2.05) is 6.07 Å². The zero-order chi connectivity index (χ0) is 13.0. The van der Waals surface area contributed by atoms with Crippen LogP contribution in [0.5, 0.6) is 0 Å². The second-order valence-electron chi connectivity index (χ2n) is 4.98. The maximum Gasteiger partial charge on any atom is 0.323 e. The van der Waals surface area contributed by atoms with Gasteiger partial charge in [-0.15, -0.1) is 0 Å². The molecule has 0 N–H and O–H groups in total. The third-order valence-electron chi connectivity index (χ3n) is 3.65. The van der Waals surface area contributed by atoms with Crippen molar-refractivity contribution in [3.05, 3.63) is 0 Å². The highest BCUT2D eigenvalue weighted by atomic mass is 16.5. The number of ketones is 1. The fourth-order valence-electron chi connectivity index (χ4n) is 2.70. The topological polar surface area (TPSA) is 67.2 Å². The van der Waals surface area contributed by atoms with E-state index in [0.29, 0.717) is 18.8 Å². The number of nitrogens with zero attached hydrogens (tertiary/aromatic N) is 1. The lowest BCUT2D eigenvalue weighted by Crippen LogP contribution is -2.37. The van der Waals surface area contributed by atoms with Gasteiger partial charge in [0.05, 0.1) is 13.2 Å². The van der Waals surface area contributed by atoms with Crippen molar-refractivity contribution in [2.24, 2.45) is 23.7 Å². The van der Waals surface area contributed by atoms with Gasteiger partial charge < -0.3 is 4.74 Å². The highest BCUT2D eigenvalue weighted by Crippen LogP contribution is 2.38. The van der Waals surface area contributed by atoms with Gasteiger partial charge in [-0.3, -0.25) is 9.59 Å². The molecule has 0 aromatic heterocycles. The standard InChI is InChI=1S/C13H19NO3/c1-8(2)10-5-4-9(15)6-11(10)12(7-14)13(16)17-3/h8,10-12H,4-6H2,1-3H3. The number of carbonyl (C=O) groups excluding carboxylic acids is 2. The van der Waals surface area contributed by atoms with Gasteiger partial charge in [-0.1, -0.05) is 13.8 Å². The summed E-state index contributed by atoms with van der Waals surface area (Å²) in [5.41, 5.74) is 0. The lowest BCUT2D eigenvalue weighted by atomic mass is 9.68. The highest BCUT2D eigenvalue weighted by Gasteiger charge is 2.40. The van der Waals surface area contributed by atoms with Crippen LogP contribution >= 0.6 is 0 Å². The molecule has 0 aliphatic heterocycles. The Morgan fingerprint density at radius 2 is 2.12 bits per heavy atom. The smallest absolute Gasteiger partial charge is 0.323 e. The van der Waals surface area contributed by atoms with E-state index in [1.54, 1.807) is 0 Å². The van der Waals surface area contributed by atoms with E-state index in [1.165, 1.54) is 7.11 Å². The van der Waals surface area contributed by atoms with Crippen molar-refractivity contribution >= 4 is 11.8 Å². The summed E-state index contributed by atoms with van der Waals surface area (Å²) in [5.74, 6) is -0.746. The van der Waals surface area contributed by atoms with E-state index in [-0.39, 0.29) is 17.6 Å². The SMILES string of the molecule is COC(=O)C(C#N)C1CC(=O)CCC1C(C)C. The maximum absolute atomic E-state index is 11.6. The monoisotopic (exact) mass is 237 g/mol. The zero-order valence-corrected chi connectivity index (χ0v) is 10.6. The number of methoxy groups -OCH3 is 1. The molecule has 0 aromatic carbocycles. The molecule has 1 rings (SSSR count). The average molecular weight is 237 g/mol. The van der Waals surface area contributed by atoms with Gasteiger partial charge in [0.15, 0.2) is 0 Å². The predicted octanol–water partition coefficient (Wildman–Crippen LogP) is 1.94. The quantitative estimate of drug-likeness (QED) is 0.703. The fraction of sp³-hybridized carbons (Fsp3) is 0.769. The van der Waals surface area contributed by atoms with E-state index in [4.69, 9.17) is 5.26 Å². The number of Topliss-reactive ketones (excluding diaryl/α,β-unsaturated/α-hetero) is 1. The number of hydrogen-bond acceptors (Lipinski definition) is 4. The Bertz CT molecular complexity index is 343. The van der Waals surface area contributed by atoms with Gasteiger partial charge in [0, 0.05) is 12.8 Å². The highest BCUT2D eigenvalue weighted by molar-refractivity contribution is 5.82. The molecule has 1 fully saturated rings. The van der Waals surface area contributed by atoms with E-state index in [0.717, 1.165) is 6.42 Å². The Morgan fingerprint density at radius 3 is 2.59 bits per heavy atom. The molecule has 0 saturated heterocycles. The van der Waals surface area contributed by atoms with Gasteiger partial charge in [-0.2, -0.15) is 5.26 Å². The zero-order valence-electron chi connectivity index (χ0n) is 10.6. The molecule has 0 aromatic rings. The second kappa shape index (κ2) is 5.81. The summed E-state index contributed by atoms with van der Waals surface area (Å²) in [7, 11) is 1.28. The third kappa shape index (κ3) is 3.06. The number of esters is 1. The fourth-order valence-corrected chi connectivity index (χ4v) is 2.70. The van der Waals surface area contributed by atoms with Crippen LogP contribution in [-0.4, -0.2) is 18.9 Å². The summed E-state index contributed by atoms with van der Waals surface area (Å²) in [4.78, 5) is 23.1. The summed E-state index contributed by atoms with van der Waals surface area (Å²) in [6.45, 7) is 4.14. The van der Waals surface area contributed by atoms with Gasteiger partial charge in [0.1, 0.15) is 11.7 Å². The van der Waals surface area contributed by atoms with Crippen LogP contribution in [0, 0.1) is 35.0 Å². The van der Waals surface area contributed by atoms with E-state index in [9.17, 15) is 9.59 Å². The molecule has 1 saturated carbocycles. The second-order valence-corrected chi connectivity index (χ2v) is 4.98. The Labute approximate surface area is 102 Å². The molecule has 0 bridgehead atoms. The van der Waals surface area contributed by atoms with Crippen molar-refractivity contribution < 1.29 is 14.3 Å². The predicted molar refractivity (Wildman–Crippen MR) is 61.8 cm³/mol. The third-order valence-corrected chi connectivity index (χ3v) is 3.65. The molecular weight excluding hydrogens is 218 g/mol. The first kappa shape index (κ1) is 13.7. The van der Waals surface area contributed by atoms with E-state index < -0.39 is 11.9 Å². The Morgan fingerprint density at radius 1 is 1.47 bits per heavy atom. The Balaban J connectivity index is 2.91. The molecule has 0 spiro atoms. The van der Waals surface area contributed by atoms with Gasteiger partial charge in [-0.05, 0) is 24.2 Å². The first-order valence-electron chi connectivity index (χ1n) is 6.00. The summed E-state index contributed by atoms with van der Waals surface area (Å²) >= 11 is 0. The molecular formula is C13H19NO3. The maximum atomic E-state index is 11.6. The molecule has 4 heteroatoms. The van der Waals surface area contributed by atoms with Crippen LogP contribution in [0.1, 0.15) is 33.1 Å². The number of ether oxygens (including phenoxy) is 1. The van der Waals surface area contributed by atoms with Crippen molar-refractivity contribution in [1.82, 2.24) is 0 Å². The normalized spacial score (nSPS) is 26.4. The first-order valence-corrected chi connectivity index (χ1v) is 6.00. The molecule has 0 amide bonds. The number of nitriles is 1. The van der Waals surface area contributed by atoms with Crippen molar-refractivity contribution in [2.45, 2.75) is 33.1 Å². The summed E-state index contributed by atoms with van der Waals surface area (Å²) in [5, 5.41) is 9.10. The average Bonchev–Trinajstić information content (AvgIpc) is 2.29. The van der Waals surface area contributed by atoms with Gasteiger partial charge in [0.25, 0.3) is 0 Å². The molecule has 0 heterocycles. The van der Waals surface area contributed by atoms with Crippen LogP contribution in [0.3, 0.4) is 0 Å². The molecule has 3 unspecified atom stereocenters. The van der Waals surface area contributed by atoms with Crippen molar-refractivity contribution in [3.8, 4) is 6.07 Å². The van der Waals surface area contributed by atoms with E-state index in [2.05, 4.69) is 18.6 Å². The molecule has 94 valence electrons. The Hall–Kier alpha value is -1.37. The van der Waals surface area contributed by atoms with Crippen molar-refractivity contribution in [3.63, 3.8) is 0 Å². The van der Waals surface area contributed by atoms with Crippen LogP contribution < -0.4 is 0 Å². The van der Waals surface area contributed by atoms with Crippen LogP contribution in [0.25, 0.3) is 0 Å². The largest absolute Gasteiger partial charge is 0.468 e. The molecule has 17 heavy (non-hydrogen) atoms. The van der Waals surface area contributed by atoms with Gasteiger partial charge in [-0.25, -0.2) is 0 Å². The Kier molecular flexibility index (Phi) is 4.68. The van der Waals surface area contributed by atoms with Crippen molar-refractivity contribution in [2.75, 3.05) is 7.11 Å². The van der Waals surface area contributed by atoms with Gasteiger partial charge in [0.2, 0.25) is 0 Å². The summed E-state index contributed by atoms with van der Waals surface area (Å²) in [6.07, 6.45) is 1.67. The molecule has 3 atom stereocenters. The van der Waals surface area contributed by atoms with E-state index >= 15 is 0 Å². The number of rotatable bonds is 3. The lowest BCUT2D eigenvalue weighted by Gasteiger charge is -2.35. The van der Waals surface area contributed by atoms with Crippen LogP contribution in [0.2, 0.25) is 0 Å². The molecule has 4 nitrogen and oxygen atoms in total. The lowest BCUT2D eigenvalue weighted by molar-refractivity contribution is -0.147. The molecule has 0 radical (unpaired) electrons. The van der Waals surface area contributed by atoms with Gasteiger partial charge >= 0.3 is 5.97 Å². The van der Waals surface area contributed by atoms with Crippen LogP contribution in [0.4, 0.5) is 0 Å². The number of hydrogen-bond donors (Lipinski definition) is 0. The minimum atomic E-state index is -0.809. The van der Waals surface area contributed by atoms with Crippen LogP contribution in [-0.2, 0) is 14.3 Å².